The summed E-state index contributed by atoms with van der Waals surface area (Å²) in [7, 11) is 0. The van der Waals surface area contributed by atoms with Crippen LogP contribution >= 0.6 is 0 Å². The third-order valence-corrected chi connectivity index (χ3v) is 3.93. The second-order valence-corrected chi connectivity index (χ2v) is 4.40. The van der Waals surface area contributed by atoms with Crippen LogP contribution in [0.1, 0.15) is 26.2 Å². The van der Waals surface area contributed by atoms with Gasteiger partial charge in [0.05, 0.1) is 0 Å². The van der Waals surface area contributed by atoms with Crippen molar-refractivity contribution in [3.8, 4) is 0 Å². The number of rotatable bonds is 0. The van der Waals surface area contributed by atoms with E-state index in [9.17, 15) is 0 Å². The molecule has 4 unspecified atom stereocenters. The molecule has 0 saturated heterocycles. The Morgan fingerprint density at radius 3 is 3.10 bits per heavy atom. The molecule has 2 fully saturated rings. The summed E-state index contributed by atoms with van der Waals surface area (Å²) in [5.41, 5.74) is 1.81. The lowest BCUT2D eigenvalue weighted by Crippen LogP contribution is -2.25. The lowest BCUT2D eigenvalue weighted by Gasteiger charge is -2.36. The zero-order chi connectivity index (χ0) is 6.72. The van der Waals surface area contributed by atoms with Gasteiger partial charge in [-0.2, -0.15) is 0 Å². The van der Waals surface area contributed by atoms with E-state index in [1.807, 2.05) is 5.57 Å². The van der Waals surface area contributed by atoms with E-state index in [4.69, 9.17) is 0 Å². The number of allylic oxidation sites excluding steroid dienone is 2. The molecule has 0 aromatic heterocycles. The molecule has 10 heavy (non-hydrogen) atoms. The van der Waals surface area contributed by atoms with Crippen molar-refractivity contribution in [3.05, 3.63) is 11.6 Å². The van der Waals surface area contributed by atoms with E-state index in [0.29, 0.717) is 0 Å². The number of fused-ring (bicyclic) bond motifs is 1. The van der Waals surface area contributed by atoms with E-state index in [1.54, 1.807) is 6.42 Å². The van der Waals surface area contributed by atoms with Crippen LogP contribution in [0.4, 0.5) is 0 Å². The molecule has 54 valence electrons. The van der Waals surface area contributed by atoms with Crippen molar-refractivity contribution in [2.75, 3.05) is 0 Å². The first kappa shape index (κ1) is 5.40. The van der Waals surface area contributed by atoms with Crippen LogP contribution in [0.2, 0.25) is 0 Å². The minimum Gasteiger partial charge on any atom is -0.0819 e. The third-order valence-electron chi connectivity index (χ3n) is 3.93. The Morgan fingerprint density at radius 2 is 2.20 bits per heavy atom. The van der Waals surface area contributed by atoms with Crippen molar-refractivity contribution >= 4 is 0 Å². The van der Waals surface area contributed by atoms with Gasteiger partial charge in [-0.15, -0.1) is 0 Å². The Bertz CT molecular complexity index is 202. The molecule has 0 heterocycles. The number of hydrogen-bond donors (Lipinski definition) is 0. The molecular weight excluding hydrogens is 120 g/mol. The van der Waals surface area contributed by atoms with Crippen LogP contribution in [0.15, 0.2) is 11.6 Å². The maximum atomic E-state index is 2.56. The van der Waals surface area contributed by atoms with Gasteiger partial charge in [0.2, 0.25) is 0 Å². The maximum Gasteiger partial charge on any atom is -0.0169 e. The fraction of sp³-hybridized carbons (Fsp3) is 0.800. The highest BCUT2D eigenvalue weighted by molar-refractivity contribution is 5.26. The lowest BCUT2D eigenvalue weighted by atomic mass is 9.69. The van der Waals surface area contributed by atoms with E-state index in [2.05, 4.69) is 13.0 Å². The fourth-order valence-corrected chi connectivity index (χ4v) is 3.24. The van der Waals surface area contributed by atoms with Gasteiger partial charge in [-0.05, 0) is 42.9 Å². The molecule has 0 N–H and O–H groups in total. The maximum absolute atomic E-state index is 2.56. The van der Waals surface area contributed by atoms with E-state index >= 15 is 0 Å². The van der Waals surface area contributed by atoms with Crippen LogP contribution in [-0.4, -0.2) is 0 Å². The quantitative estimate of drug-likeness (QED) is 0.447. The molecule has 0 spiro atoms. The van der Waals surface area contributed by atoms with E-state index < -0.39 is 0 Å². The van der Waals surface area contributed by atoms with Crippen LogP contribution in [0.25, 0.3) is 0 Å². The third kappa shape index (κ3) is 0.457. The summed E-state index contributed by atoms with van der Waals surface area (Å²) in [4.78, 5) is 0. The van der Waals surface area contributed by atoms with Gasteiger partial charge in [0.15, 0.2) is 0 Å². The summed E-state index contributed by atoms with van der Waals surface area (Å²) >= 11 is 0. The molecule has 3 aliphatic rings. The van der Waals surface area contributed by atoms with Gasteiger partial charge in [0, 0.05) is 0 Å². The zero-order valence-electron chi connectivity index (χ0n) is 6.51. The average molecular weight is 134 g/mol. The van der Waals surface area contributed by atoms with Crippen molar-refractivity contribution in [1.29, 1.82) is 0 Å². The molecule has 2 saturated carbocycles. The summed E-state index contributed by atoms with van der Waals surface area (Å²) < 4.78 is 0. The topological polar surface area (TPSA) is 0 Å². The van der Waals surface area contributed by atoms with Crippen molar-refractivity contribution in [2.24, 2.45) is 23.7 Å². The van der Waals surface area contributed by atoms with E-state index in [1.165, 1.54) is 12.8 Å². The Morgan fingerprint density at radius 1 is 1.30 bits per heavy atom. The van der Waals surface area contributed by atoms with Crippen LogP contribution < -0.4 is 0 Å². The van der Waals surface area contributed by atoms with Gasteiger partial charge in [-0.25, -0.2) is 0 Å². The van der Waals surface area contributed by atoms with Gasteiger partial charge >= 0.3 is 0 Å². The monoisotopic (exact) mass is 134 g/mol. The number of hydrogen-bond acceptors (Lipinski definition) is 0. The summed E-state index contributed by atoms with van der Waals surface area (Å²) in [5.74, 6) is 4.18. The predicted octanol–water partition coefficient (Wildman–Crippen LogP) is 2.61. The molecule has 3 rings (SSSR count). The Kier molecular flexibility index (Phi) is 0.805. The molecule has 0 radical (unpaired) electrons. The summed E-state index contributed by atoms with van der Waals surface area (Å²) in [6, 6.07) is 0. The zero-order valence-corrected chi connectivity index (χ0v) is 6.51. The molecule has 2 bridgehead atoms. The molecule has 0 heteroatoms. The van der Waals surface area contributed by atoms with Crippen molar-refractivity contribution < 1.29 is 0 Å². The largest absolute Gasteiger partial charge is 0.0819 e. The molecule has 4 atom stereocenters. The predicted molar refractivity (Wildman–Crippen MR) is 41.6 cm³/mol. The second-order valence-electron chi connectivity index (χ2n) is 4.40. The molecular formula is C10H14. The normalized spacial score (nSPS) is 55.9. The molecule has 0 amide bonds. The summed E-state index contributed by atoms with van der Waals surface area (Å²) in [6.45, 7) is 2.40. The lowest BCUT2D eigenvalue weighted by molar-refractivity contribution is 0.320. The van der Waals surface area contributed by atoms with Crippen LogP contribution in [-0.2, 0) is 0 Å². The standard InChI is InChI=1S/C10H14/c1-6-2-8-4-9-3-7(6)5-10(8)9/h2,6-7,9-10H,3-5H2,1H3. The average Bonchev–Trinajstić information content (AvgIpc) is 2.04. The molecule has 3 aliphatic carbocycles. The van der Waals surface area contributed by atoms with Gasteiger partial charge in [0.1, 0.15) is 0 Å². The Labute approximate surface area is 62.3 Å². The van der Waals surface area contributed by atoms with Gasteiger partial charge < -0.3 is 0 Å². The molecule has 0 aromatic rings. The highest BCUT2D eigenvalue weighted by Gasteiger charge is 2.48. The SMILES string of the molecule is CC1C=C2CC3CC1CC23. The van der Waals surface area contributed by atoms with Gasteiger partial charge in [0.25, 0.3) is 0 Å². The summed E-state index contributed by atoms with van der Waals surface area (Å²) in [5, 5.41) is 0. The van der Waals surface area contributed by atoms with Crippen LogP contribution in [0.5, 0.6) is 0 Å². The Hall–Kier alpha value is -0.260. The second kappa shape index (κ2) is 1.49. The Balaban J connectivity index is 2.05. The fourth-order valence-electron chi connectivity index (χ4n) is 3.24. The van der Waals surface area contributed by atoms with E-state index in [-0.39, 0.29) is 0 Å². The highest BCUT2D eigenvalue weighted by Crippen LogP contribution is 2.58. The first-order valence-electron chi connectivity index (χ1n) is 4.55. The van der Waals surface area contributed by atoms with Gasteiger partial charge in [-0.1, -0.05) is 18.6 Å². The minimum atomic E-state index is 0.916. The molecule has 0 aromatic carbocycles. The first-order chi connectivity index (χ1) is 4.84. The molecule has 0 nitrogen and oxygen atoms in total. The smallest absolute Gasteiger partial charge is 0.0169 e. The van der Waals surface area contributed by atoms with E-state index in [0.717, 1.165) is 23.7 Å². The van der Waals surface area contributed by atoms with Crippen molar-refractivity contribution in [3.63, 3.8) is 0 Å². The minimum absolute atomic E-state index is 0.916. The first-order valence-corrected chi connectivity index (χ1v) is 4.55. The van der Waals surface area contributed by atoms with Crippen LogP contribution in [0, 0.1) is 23.7 Å². The van der Waals surface area contributed by atoms with Crippen LogP contribution in [0.3, 0.4) is 0 Å². The summed E-state index contributed by atoms with van der Waals surface area (Å²) in [6.07, 6.45) is 7.11. The van der Waals surface area contributed by atoms with Crippen molar-refractivity contribution in [1.82, 2.24) is 0 Å². The van der Waals surface area contributed by atoms with Crippen molar-refractivity contribution in [2.45, 2.75) is 26.2 Å². The van der Waals surface area contributed by atoms with Gasteiger partial charge in [-0.3, -0.25) is 0 Å². The molecule has 0 aliphatic heterocycles. The highest BCUT2D eigenvalue weighted by atomic mass is 14.5.